The zero-order valence-corrected chi connectivity index (χ0v) is 19.5. The summed E-state index contributed by atoms with van der Waals surface area (Å²) in [5.74, 6) is 3.33. The van der Waals surface area contributed by atoms with E-state index in [1.54, 1.807) is 89.9 Å². The van der Waals surface area contributed by atoms with Crippen molar-refractivity contribution in [1.82, 2.24) is 0 Å². The number of rotatable bonds is 14. The molecule has 164 valence electrons. The molecule has 0 nitrogen and oxygen atoms in total. The van der Waals surface area contributed by atoms with Crippen molar-refractivity contribution in [1.29, 1.82) is 0 Å². The summed E-state index contributed by atoms with van der Waals surface area (Å²) in [7, 11) is 0. The van der Waals surface area contributed by atoms with Gasteiger partial charge in [0.1, 0.15) is 0 Å². The molecule has 3 saturated carbocycles. The zero-order valence-electron chi connectivity index (χ0n) is 19.5. The van der Waals surface area contributed by atoms with Crippen LogP contribution in [-0.2, 0) is 0 Å². The molecule has 0 bridgehead atoms. The maximum atomic E-state index is 2.32. The lowest BCUT2D eigenvalue weighted by atomic mass is 9.55. The molecule has 0 amide bonds. The van der Waals surface area contributed by atoms with Crippen molar-refractivity contribution in [2.45, 2.75) is 155 Å². The van der Waals surface area contributed by atoms with Gasteiger partial charge in [-0.15, -0.1) is 0 Å². The third kappa shape index (κ3) is 6.01. The first-order valence-corrected chi connectivity index (χ1v) is 13.9. The van der Waals surface area contributed by atoms with E-state index in [-0.39, 0.29) is 0 Å². The molecule has 0 aliphatic heterocycles. The van der Waals surface area contributed by atoms with E-state index >= 15 is 0 Å². The predicted octanol–water partition coefficient (Wildman–Crippen LogP) is 9.85. The lowest BCUT2D eigenvalue weighted by Crippen LogP contribution is -2.42. The van der Waals surface area contributed by atoms with Crippen LogP contribution in [0.5, 0.6) is 0 Å². The zero-order chi connectivity index (χ0) is 19.5. The van der Waals surface area contributed by atoms with Crippen molar-refractivity contribution in [3.63, 3.8) is 0 Å². The van der Waals surface area contributed by atoms with Crippen LogP contribution in [0.3, 0.4) is 0 Å². The van der Waals surface area contributed by atoms with E-state index in [0.717, 1.165) is 23.2 Å². The summed E-state index contributed by atoms with van der Waals surface area (Å²) in [6, 6.07) is 0. The van der Waals surface area contributed by atoms with Gasteiger partial charge in [0, 0.05) is 0 Å². The molecule has 0 heterocycles. The van der Waals surface area contributed by atoms with E-state index in [1.165, 1.54) is 57.8 Å². The van der Waals surface area contributed by atoms with Gasteiger partial charge in [-0.25, -0.2) is 0 Å². The summed E-state index contributed by atoms with van der Waals surface area (Å²) in [4.78, 5) is 0. The molecular formula is C28H52. The van der Waals surface area contributed by atoms with E-state index in [1.807, 2.05) is 0 Å². The molecule has 3 aliphatic rings. The molecule has 0 aromatic carbocycles. The third-order valence-electron chi connectivity index (χ3n) is 9.31. The first kappa shape index (κ1) is 22.7. The van der Waals surface area contributed by atoms with Crippen molar-refractivity contribution in [3.8, 4) is 0 Å². The van der Waals surface area contributed by atoms with E-state index < -0.39 is 0 Å². The molecule has 0 unspecified atom stereocenters. The summed E-state index contributed by atoms with van der Waals surface area (Å²) >= 11 is 0. The SMILES string of the molecule is CCCCCCCCCCCCC(C1CCCC1)(C1CCCC1)C1CCCC1. The Kier molecular flexibility index (Phi) is 10.2. The van der Waals surface area contributed by atoms with Gasteiger partial charge in [-0.2, -0.15) is 0 Å². The van der Waals surface area contributed by atoms with Crippen LogP contribution in [0, 0.1) is 23.2 Å². The molecule has 0 atom stereocenters. The Hall–Kier alpha value is 0. The normalized spacial score (nSPS) is 22.6. The quantitative estimate of drug-likeness (QED) is 0.260. The Morgan fingerprint density at radius 1 is 0.464 bits per heavy atom. The Morgan fingerprint density at radius 3 is 1.14 bits per heavy atom. The van der Waals surface area contributed by atoms with Crippen molar-refractivity contribution < 1.29 is 0 Å². The first-order chi connectivity index (χ1) is 13.9. The minimum atomic E-state index is 0.781. The predicted molar refractivity (Wildman–Crippen MR) is 125 cm³/mol. The summed E-state index contributed by atoms with van der Waals surface area (Å²) < 4.78 is 0. The highest BCUT2D eigenvalue weighted by molar-refractivity contribution is 5.00. The number of hydrogen-bond donors (Lipinski definition) is 0. The maximum absolute atomic E-state index is 2.32. The van der Waals surface area contributed by atoms with Gasteiger partial charge in [0.25, 0.3) is 0 Å². The Morgan fingerprint density at radius 2 is 0.786 bits per heavy atom. The van der Waals surface area contributed by atoms with Gasteiger partial charge in [0.2, 0.25) is 0 Å². The molecule has 3 rings (SSSR count). The molecule has 3 aliphatic carbocycles. The van der Waals surface area contributed by atoms with Crippen LogP contribution in [-0.4, -0.2) is 0 Å². The first-order valence-electron chi connectivity index (χ1n) is 13.9. The van der Waals surface area contributed by atoms with Crippen LogP contribution < -0.4 is 0 Å². The van der Waals surface area contributed by atoms with Gasteiger partial charge in [-0.05, 0) is 68.1 Å². The van der Waals surface area contributed by atoms with Gasteiger partial charge in [0.15, 0.2) is 0 Å². The summed E-state index contributed by atoms with van der Waals surface area (Å²) in [6.07, 6.45) is 35.3. The maximum Gasteiger partial charge on any atom is -0.0213 e. The molecule has 0 spiro atoms. The Bertz CT molecular complexity index is 338. The Labute approximate surface area is 178 Å². The fraction of sp³-hybridized carbons (Fsp3) is 1.00. The highest BCUT2D eigenvalue weighted by Gasteiger charge is 2.51. The topological polar surface area (TPSA) is 0 Å². The van der Waals surface area contributed by atoms with Crippen molar-refractivity contribution >= 4 is 0 Å². The lowest BCUT2D eigenvalue weighted by Gasteiger charge is -2.49. The van der Waals surface area contributed by atoms with Crippen LogP contribution in [0.1, 0.15) is 155 Å². The highest BCUT2D eigenvalue weighted by atomic mass is 14.6. The van der Waals surface area contributed by atoms with Crippen LogP contribution >= 0.6 is 0 Å². The largest absolute Gasteiger partial charge is 0.0654 e. The molecule has 0 saturated heterocycles. The molecule has 0 aromatic rings. The second-order valence-corrected chi connectivity index (χ2v) is 11.0. The van der Waals surface area contributed by atoms with E-state index in [9.17, 15) is 0 Å². The fourth-order valence-corrected chi connectivity index (χ4v) is 7.92. The van der Waals surface area contributed by atoms with Gasteiger partial charge in [-0.1, -0.05) is 110 Å². The summed E-state index contributed by atoms with van der Waals surface area (Å²) in [5, 5.41) is 0. The van der Waals surface area contributed by atoms with Gasteiger partial charge in [-0.3, -0.25) is 0 Å². The standard InChI is InChI=1S/C28H52/c1-2-3-4-5-6-7-8-9-10-17-24-28(25-18-11-12-19-25,26-20-13-14-21-26)27-22-15-16-23-27/h25-27H,2-24H2,1H3. The van der Waals surface area contributed by atoms with Crippen LogP contribution in [0.25, 0.3) is 0 Å². The van der Waals surface area contributed by atoms with Crippen molar-refractivity contribution in [3.05, 3.63) is 0 Å². The van der Waals surface area contributed by atoms with Crippen LogP contribution in [0.4, 0.5) is 0 Å². The molecular weight excluding hydrogens is 336 g/mol. The minimum Gasteiger partial charge on any atom is -0.0654 e. The van der Waals surface area contributed by atoms with Crippen molar-refractivity contribution in [2.24, 2.45) is 23.2 Å². The summed E-state index contributed by atoms with van der Waals surface area (Å²) in [5.41, 5.74) is 0.781. The summed E-state index contributed by atoms with van der Waals surface area (Å²) in [6.45, 7) is 2.32. The van der Waals surface area contributed by atoms with Gasteiger partial charge in [0.05, 0.1) is 0 Å². The monoisotopic (exact) mass is 388 g/mol. The van der Waals surface area contributed by atoms with E-state index in [4.69, 9.17) is 0 Å². The highest BCUT2D eigenvalue weighted by Crippen LogP contribution is 2.60. The van der Waals surface area contributed by atoms with Gasteiger partial charge < -0.3 is 0 Å². The lowest BCUT2D eigenvalue weighted by molar-refractivity contribution is -0.00658. The second-order valence-electron chi connectivity index (χ2n) is 11.0. The molecule has 0 radical (unpaired) electrons. The number of hydrogen-bond acceptors (Lipinski definition) is 0. The fourth-order valence-electron chi connectivity index (χ4n) is 7.92. The van der Waals surface area contributed by atoms with Crippen LogP contribution in [0.15, 0.2) is 0 Å². The molecule has 0 heteroatoms. The molecule has 3 fully saturated rings. The molecule has 28 heavy (non-hydrogen) atoms. The second kappa shape index (κ2) is 12.6. The van der Waals surface area contributed by atoms with Crippen LogP contribution in [0.2, 0.25) is 0 Å². The van der Waals surface area contributed by atoms with E-state index in [2.05, 4.69) is 6.92 Å². The number of unbranched alkanes of at least 4 members (excludes halogenated alkanes) is 9. The average Bonchev–Trinajstić information content (AvgIpc) is 3.50. The third-order valence-corrected chi connectivity index (χ3v) is 9.31. The molecule has 0 N–H and O–H groups in total. The van der Waals surface area contributed by atoms with E-state index in [0.29, 0.717) is 0 Å². The van der Waals surface area contributed by atoms with Gasteiger partial charge >= 0.3 is 0 Å². The van der Waals surface area contributed by atoms with Crippen molar-refractivity contribution in [2.75, 3.05) is 0 Å². The molecule has 0 aromatic heterocycles. The smallest absolute Gasteiger partial charge is 0.0213 e. The Balaban J connectivity index is 1.47. The average molecular weight is 389 g/mol. The minimum absolute atomic E-state index is 0.781.